The number of benzene rings is 1. The highest BCUT2D eigenvalue weighted by Gasteiger charge is 2.23. The zero-order chi connectivity index (χ0) is 16.4. The van der Waals surface area contributed by atoms with Gasteiger partial charge in [-0.3, -0.25) is 14.2 Å². The van der Waals surface area contributed by atoms with Gasteiger partial charge in [0.1, 0.15) is 6.54 Å². The Morgan fingerprint density at radius 1 is 1.30 bits per heavy atom. The van der Waals surface area contributed by atoms with E-state index in [1.807, 2.05) is 6.92 Å². The summed E-state index contributed by atoms with van der Waals surface area (Å²) in [5.41, 5.74) is -0.510. The summed E-state index contributed by atoms with van der Waals surface area (Å²) in [6.45, 7) is 1.73. The van der Waals surface area contributed by atoms with Gasteiger partial charge in [0.15, 0.2) is 0 Å². The van der Waals surface area contributed by atoms with Crippen LogP contribution in [0.4, 0.5) is 0 Å². The number of carbonyl (C=O) groups is 1. The largest absolute Gasteiger partial charge is 0.352 e. The van der Waals surface area contributed by atoms with Crippen LogP contribution in [0.2, 0.25) is 0 Å². The van der Waals surface area contributed by atoms with Crippen LogP contribution < -0.4 is 16.6 Å². The first-order chi connectivity index (χ1) is 11.1. The molecular weight excluding hydrogens is 294 g/mol. The quantitative estimate of drug-likeness (QED) is 0.894. The second-order valence-corrected chi connectivity index (χ2v) is 6.27. The van der Waals surface area contributed by atoms with Crippen molar-refractivity contribution in [2.24, 2.45) is 5.92 Å². The van der Waals surface area contributed by atoms with E-state index in [4.69, 9.17) is 0 Å². The van der Waals surface area contributed by atoms with Gasteiger partial charge in [0.05, 0.1) is 10.9 Å². The summed E-state index contributed by atoms with van der Waals surface area (Å²) < 4.78 is 0.957. The molecule has 1 fully saturated rings. The third-order valence-electron chi connectivity index (χ3n) is 4.69. The average molecular weight is 315 g/mol. The van der Waals surface area contributed by atoms with Crippen LogP contribution in [-0.4, -0.2) is 21.5 Å². The van der Waals surface area contributed by atoms with Gasteiger partial charge in [0, 0.05) is 6.04 Å². The number of nitrogens with zero attached hydrogens (tertiary/aromatic N) is 1. The maximum absolute atomic E-state index is 12.4. The first kappa shape index (κ1) is 15.5. The zero-order valence-corrected chi connectivity index (χ0v) is 13.2. The molecule has 1 saturated carbocycles. The van der Waals surface area contributed by atoms with E-state index in [-0.39, 0.29) is 18.5 Å². The number of rotatable bonds is 4. The molecule has 1 aromatic carbocycles. The van der Waals surface area contributed by atoms with E-state index in [9.17, 15) is 14.4 Å². The number of nitrogens with one attached hydrogen (secondary N) is 2. The molecule has 6 nitrogen and oxygen atoms in total. The van der Waals surface area contributed by atoms with Crippen molar-refractivity contribution in [2.75, 3.05) is 0 Å². The van der Waals surface area contributed by atoms with Gasteiger partial charge in [-0.15, -0.1) is 0 Å². The van der Waals surface area contributed by atoms with E-state index < -0.39 is 11.2 Å². The molecule has 1 aliphatic carbocycles. The molecule has 1 unspecified atom stereocenters. The molecule has 2 aromatic rings. The molecule has 0 spiro atoms. The maximum Gasteiger partial charge on any atom is 0.329 e. The maximum atomic E-state index is 12.4. The van der Waals surface area contributed by atoms with E-state index in [0.29, 0.717) is 16.8 Å². The highest BCUT2D eigenvalue weighted by molar-refractivity contribution is 5.79. The summed E-state index contributed by atoms with van der Waals surface area (Å²) in [7, 11) is 0. The van der Waals surface area contributed by atoms with E-state index >= 15 is 0 Å². The first-order valence-corrected chi connectivity index (χ1v) is 8.07. The van der Waals surface area contributed by atoms with E-state index in [1.54, 1.807) is 24.3 Å². The second kappa shape index (κ2) is 6.40. The van der Waals surface area contributed by atoms with Gasteiger partial charge in [0.25, 0.3) is 5.56 Å². The zero-order valence-electron chi connectivity index (χ0n) is 13.2. The number of hydrogen-bond acceptors (Lipinski definition) is 3. The highest BCUT2D eigenvalue weighted by atomic mass is 16.2. The number of aromatic amines is 1. The summed E-state index contributed by atoms with van der Waals surface area (Å²) in [5, 5.41) is 3.33. The molecule has 0 radical (unpaired) electrons. The predicted molar refractivity (Wildman–Crippen MR) is 88.4 cm³/mol. The first-order valence-electron chi connectivity index (χ1n) is 8.07. The van der Waals surface area contributed by atoms with Crippen LogP contribution in [0.1, 0.15) is 32.6 Å². The molecule has 1 heterocycles. The van der Waals surface area contributed by atoms with Gasteiger partial charge < -0.3 is 10.3 Å². The van der Waals surface area contributed by atoms with Gasteiger partial charge in [0.2, 0.25) is 5.91 Å². The Kier molecular flexibility index (Phi) is 4.32. The molecule has 2 N–H and O–H groups in total. The van der Waals surface area contributed by atoms with Crippen molar-refractivity contribution < 1.29 is 4.79 Å². The smallest absolute Gasteiger partial charge is 0.329 e. The standard InChI is InChI=1S/C17H21N3O3/c1-11(12-6-2-3-7-12)18-15(21)10-20-16(22)13-8-4-5-9-14(13)19-17(20)23/h4-5,8-9,11-12H,2-3,6-7,10H2,1H3,(H,18,21)(H,19,23). The number of hydrogen-bond donors (Lipinski definition) is 2. The van der Waals surface area contributed by atoms with Crippen molar-refractivity contribution in [1.82, 2.24) is 14.9 Å². The Labute approximate surface area is 133 Å². The van der Waals surface area contributed by atoms with E-state index in [2.05, 4.69) is 10.3 Å². The molecule has 0 bridgehead atoms. The van der Waals surface area contributed by atoms with Crippen LogP contribution in [0.25, 0.3) is 10.9 Å². The Hall–Kier alpha value is -2.37. The molecule has 0 aliphatic heterocycles. The SMILES string of the molecule is CC(NC(=O)Cn1c(=O)[nH]c2ccccc2c1=O)C1CCCC1. The van der Waals surface area contributed by atoms with Crippen LogP contribution in [0.5, 0.6) is 0 Å². The summed E-state index contributed by atoms with van der Waals surface area (Å²) in [4.78, 5) is 39.3. The number of para-hydroxylation sites is 1. The van der Waals surface area contributed by atoms with Crippen LogP contribution in [-0.2, 0) is 11.3 Å². The topological polar surface area (TPSA) is 84.0 Å². The van der Waals surface area contributed by atoms with E-state index in [1.165, 1.54) is 12.8 Å². The van der Waals surface area contributed by atoms with Crippen LogP contribution in [0.3, 0.4) is 0 Å². The number of amides is 1. The Morgan fingerprint density at radius 2 is 2.00 bits per heavy atom. The Bertz CT molecular complexity index is 831. The van der Waals surface area contributed by atoms with Crippen molar-refractivity contribution in [3.05, 3.63) is 45.1 Å². The molecule has 122 valence electrons. The normalized spacial score (nSPS) is 16.6. The van der Waals surface area contributed by atoms with Crippen molar-refractivity contribution in [1.29, 1.82) is 0 Å². The molecule has 1 atom stereocenters. The lowest BCUT2D eigenvalue weighted by Crippen LogP contribution is -2.44. The Balaban J connectivity index is 1.79. The van der Waals surface area contributed by atoms with Gasteiger partial charge in [-0.05, 0) is 37.8 Å². The Morgan fingerprint density at radius 3 is 2.74 bits per heavy atom. The van der Waals surface area contributed by atoms with Crippen molar-refractivity contribution in [3.8, 4) is 0 Å². The van der Waals surface area contributed by atoms with Gasteiger partial charge in [-0.2, -0.15) is 0 Å². The van der Waals surface area contributed by atoms with Crippen molar-refractivity contribution in [2.45, 2.75) is 45.2 Å². The lowest BCUT2D eigenvalue weighted by molar-refractivity contribution is -0.122. The molecule has 0 saturated heterocycles. The molecule has 6 heteroatoms. The lowest BCUT2D eigenvalue weighted by atomic mass is 10.00. The van der Waals surface area contributed by atoms with Crippen LogP contribution >= 0.6 is 0 Å². The fourth-order valence-electron chi connectivity index (χ4n) is 3.36. The summed E-state index contributed by atoms with van der Waals surface area (Å²) in [5.74, 6) is 0.192. The molecule has 1 aromatic heterocycles. The lowest BCUT2D eigenvalue weighted by Gasteiger charge is -2.20. The minimum atomic E-state index is -0.558. The molecule has 1 amide bonds. The average Bonchev–Trinajstić information content (AvgIpc) is 3.06. The summed E-state index contributed by atoms with van der Waals surface area (Å²) >= 11 is 0. The number of aromatic nitrogens is 2. The molecule has 3 rings (SSSR count). The third-order valence-corrected chi connectivity index (χ3v) is 4.69. The molecule has 1 aliphatic rings. The van der Waals surface area contributed by atoms with E-state index in [0.717, 1.165) is 17.4 Å². The van der Waals surface area contributed by atoms with Gasteiger partial charge in [-0.1, -0.05) is 25.0 Å². The molecule has 23 heavy (non-hydrogen) atoms. The summed E-state index contributed by atoms with van der Waals surface area (Å²) in [6.07, 6.45) is 4.65. The monoisotopic (exact) mass is 315 g/mol. The molecular formula is C17H21N3O3. The second-order valence-electron chi connectivity index (χ2n) is 6.27. The minimum absolute atomic E-state index is 0.0697. The predicted octanol–water partition coefficient (Wildman–Crippen LogP) is 1.38. The number of H-pyrrole nitrogens is 1. The number of fused-ring (bicyclic) bond motifs is 1. The van der Waals surface area contributed by atoms with Crippen LogP contribution in [0, 0.1) is 5.92 Å². The third kappa shape index (κ3) is 3.21. The highest BCUT2D eigenvalue weighted by Crippen LogP contribution is 2.27. The fourth-order valence-corrected chi connectivity index (χ4v) is 3.36. The van der Waals surface area contributed by atoms with Crippen LogP contribution in [0.15, 0.2) is 33.9 Å². The van der Waals surface area contributed by atoms with Gasteiger partial charge in [-0.25, -0.2) is 4.79 Å². The summed E-state index contributed by atoms with van der Waals surface area (Å²) in [6, 6.07) is 6.86. The van der Waals surface area contributed by atoms with Crippen molar-refractivity contribution in [3.63, 3.8) is 0 Å². The van der Waals surface area contributed by atoms with Crippen molar-refractivity contribution >= 4 is 16.8 Å². The number of carbonyl (C=O) groups excluding carboxylic acids is 1. The van der Waals surface area contributed by atoms with Gasteiger partial charge >= 0.3 is 5.69 Å². The fraction of sp³-hybridized carbons (Fsp3) is 0.471. The minimum Gasteiger partial charge on any atom is -0.352 e.